The number of unbranched alkanes of at least 4 members (excludes halogenated alkanes) is 1. The van der Waals surface area contributed by atoms with Crippen LogP contribution >= 0.6 is 0 Å². The third-order valence-electron chi connectivity index (χ3n) is 5.38. The standard InChI is InChI=1S/C23H33N5O/c1-19-8-6-9-20(18-19)28-16-14-27(15-17-28)13-5-4-11-25-23(29)21-10-7-12-24-22(21)26(2)3/h6-10,12,18H,4-5,11,13-17H2,1-3H3,(H,25,29). The lowest BCUT2D eigenvalue weighted by molar-refractivity contribution is 0.0952. The third-order valence-corrected chi connectivity index (χ3v) is 5.38. The molecule has 0 spiro atoms. The van der Waals surface area contributed by atoms with E-state index in [1.165, 1.54) is 11.3 Å². The fourth-order valence-electron chi connectivity index (χ4n) is 3.74. The van der Waals surface area contributed by atoms with Crippen LogP contribution in [0.4, 0.5) is 11.5 Å². The van der Waals surface area contributed by atoms with Crippen molar-refractivity contribution in [3.63, 3.8) is 0 Å². The van der Waals surface area contributed by atoms with Gasteiger partial charge in [-0.3, -0.25) is 9.69 Å². The number of rotatable bonds is 8. The van der Waals surface area contributed by atoms with Gasteiger partial charge in [0.15, 0.2) is 0 Å². The zero-order chi connectivity index (χ0) is 20.6. The van der Waals surface area contributed by atoms with Crippen LogP contribution in [-0.4, -0.2) is 69.2 Å². The normalized spacial score (nSPS) is 14.7. The number of anilines is 2. The van der Waals surface area contributed by atoms with Gasteiger partial charge in [-0.2, -0.15) is 0 Å². The van der Waals surface area contributed by atoms with Crippen molar-refractivity contribution in [2.75, 3.05) is 63.2 Å². The molecular formula is C23H33N5O. The smallest absolute Gasteiger partial charge is 0.255 e. The van der Waals surface area contributed by atoms with E-state index in [1.807, 2.05) is 25.1 Å². The largest absolute Gasteiger partial charge is 0.369 e. The summed E-state index contributed by atoms with van der Waals surface area (Å²) in [6.45, 7) is 8.29. The van der Waals surface area contributed by atoms with Gasteiger partial charge in [0.2, 0.25) is 0 Å². The Morgan fingerprint density at radius 1 is 1.10 bits per heavy atom. The summed E-state index contributed by atoms with van der Waals surface area (Å²) in [5.41, 5.74) is 3.28. The first-order valence-corrected chi connectivity index (χ1v) is 10.5. The van der Waals surface area contributed by atoms with E-state index in [0.717, 1.165) is 45.6 Å². The number of aryl methyl sites for hydroxylation is 1. The summed E-state index contributed by atoms with van der Waals surface area (Å²) in [5, 5.41) is 3.03. The maximum Gasteiger partial charge on any atom is 0.255 e. The maximum absolute atomic E-state index is 12.4. The number of amides is 1. The van der Waals surface area contributed by atoms with E-state index in [4.69, 9.17) is 0 Å². The first kappa shape index (κ1) is 21.1. The minimum absolute atomic E-state index is 0.0476. The topological polar surface area (TPSA) is 51.7 Å². The number of nitrogens with zero attached hydrogens (tertiary/aromatic N) is 4. The molecule has 1 aliphatic rings. The molecule has 1 amide bonds. The van der Waals surface area contributed by atoms with E-state index in [1.54, 1.807) is 12.3 Å². The van der Waals surface area contributed by atoms with E-state index in [0.29, 0.717) is 17.9 Å². The van der Waals surface area contributed by atoms with Crippen molar-refractivity contribution in [1.29, 1.82) is 0 Å². The molecule has 1 aromatic carbocycles. The van der Waals surface area contributed by atoms with Crippen LogP contribution in [0.2, 0.25) is 0 Å². The highest BCUT2D eigenvalue weighted by atomic mass is 16.1. The van der Waals surface area contributed by atoms with Crippen LogP contribution in [0, 0.1) is 6.92 Å². The highest BCUT2D eigenvalue weighted by molar-refractivity contribution is 5.98. The number of aromatic nitrogens is 1. The molecule has 1 N–H and O–H groups in total. The second kappa shape index (κ2) is 10.3. The lowest BCUT2D eigenvalue weighted by atomic mass is 10.2. The molecule has 1 saturated heterocycles. The lowest BCUT2D eigenvalue weighted by Crippen LogP contribution is -2.46. The highest BCUT2D eigenvalue weighted by Gasteiger charge is 2.17. The molecular weight excluding hydrogens is 362 g/mol. The first-order chi connectivity index (χ1) is 14.0. The van der Waals surface area contributed by atoms with Crippen LogP contribution in [-0.2, 0) is 0 Å². The number of benzene rings is 1. The van der Waals surface area contributed by atoms with Crippen LogP contribution < -0.4 is 15.1 Å². The quantitative estimate of drug-likeness (QED) is 0.697. The third kappa shape index (κ3) is 5.94. The van der Waals surface area contributed by atoms with Crippen LogP contribution in [0.3, 0.4) is 0 Å². The van der Waals surface area contributed by atoms with E-state index in [9.17, 15) is 4.79 Å². The Bertz CT molecular complexity index is 799. The van der Waals surface area contributed by atoms with Crippen molar-refractivity contribution < 1.29 is 4.79 Å². The molecule has 0 radical (unpaired) electrons. The summed E-state index contributed by atoms with van der Waals surface area (Å²) in [6.07, 6.45) is 3.80. The Morgan fingerprint density at radius 3 is 2.62 bits per heavy atom. The number of hydrogen-bond donors (Lipinski definition) is 1. The second-order valence-electron chi connectivity index (χ2n) is 7.90. The second-order valence-corrected chi connectivity index (χ2v) is 7.90. The van der Waals surface area contributed by atoms with E-state index in [2.05, 4.69) is 51.3 Å². The van der Waals surface area contributed by atoms with Gasteiger partial charge in [-0.15, -0.1) is 0 Å². The highest BCUT2D eigenvalue weighted by Crippen LogP contribution is 2.18. The van der Waals surface area contributed by atoms with Crippen molar-refractivity contribution in [2.45, 2.75) is 19.8 Å². The van der Waals surface area contributed by atoms with Gasteiger partial charge in [0.1, 0.15) is 5.82 Å². The van der Waals surface area contributed by atoms with Gasteiger partial charge in [0.25, 0.3) is 5.91 Å². The Hall–Kier alpha value is -2.60. The fourth-order valence-corrected chi connectivity index (χ4v) is 3.74. The predicted molar refractivity (Wildman–Crippen MR) is 120 cm³/mol. The Labute approximate surface area is 174 Å². The fraction of sp³-hybridized carbons (Fsp3) is 0.478. The van der Waals surface area contributed by atoms with E-state index < -0.39 is 0 Å². The molecule has 6 nitrogen and oxygen atoms in total. The van der Waals surface area contributed by atoms with Crippen molar-refractivity contribution >= 4 is 17.4 Å². The van der Waals surface area contributed by atoms with E-state index in [-0.39, 0.29) is 5.91 Å². The van der Waals surface area contributed by atoms with Gasteiger partial charge in [-0.05, 0) is 56.1 Å². The number of carbonyl (C=O) groups is 1. The van der Waals surface area contributed by atoms with Crippen LogP contribution in [0.1, 0.15) is 28.8 Å². The summed E-state index contributed by atoms with van der Waals surface area (Å²) < 4.78 is 0. The summed E-state index contributed by atoms with van der Waals surface area (Å²) in [7, 11) is 3.80. The molecule has 0 atom stereocenters. The van der Waals surface area contributed by atoms with Gasteiger partial charge in [-0.1, -0.05) is 12.1 Å². The SMILES string of the molecule is Cc1cccc(N2CCN(CCCCNC(=O)c3cccnc3N(C)C)CC2)c1. The van der Waals surface area contributed by atoms with E-state index >= 15 is 0 Å². The molecule has 1 fully saturated rings. The molecule has 0 unspecified atom stereocenters. The summed E-state index contributed by atoms with van der Waals surface area (Å²) >= 11 is 0. The van der Waals surface area contributed by atoms with Crippen LogP contribution in [0.5, 0.6) is 0 Å². The minimum Gasteiger partial charge on any atom is -0.369 e. The number of hydrogen-bond acceptors (Lipinski definition) is 5. The van der Waals surface area contributed by atoms with Crippen molar-refractivity contribution in [3.8, 4) is 0 Å². The number of pyridine rings is 1. The van der Waals surface area contributed by atoms with Gasteiger partial charge in [0.05, 0.1) is 5.56 Å². The lowest BCUT2D eigenvalue weighted by Gasteiger charge is -2.36. The molecule has 2 heterocycles. The van der Waals surface area contributed by atoms with Gasteiger partial charge in [-0.25, -0.2) is 4.98 Å². The number of carbonyl (C=O) groups excluding carboxylic acids is 1. The van der Waals surface area contributed by atoms with Crippen LogP contribution in [0.15, 0.2) is 42.6 Å². The molecule has 1 aliphatic heterocycles. The average molecular weight is 396 g/mol. The monoisotopic (exact) mass is 395 g/mol. The van der Waals surface area contributed by atoms with Gasteiger partial charge < -0.3 is 15.1 Å². The molecule has 0 aliphatic carbocycles. The van der Waals surface area contributed by atoms with Crippen molar-refractivity contribution in [1.82, 2.24) is 15.2 Å². The van der Waals surface area contributed by atoms with Gasteiger partial charge in [0, 0.05) is 58.7 Å². The molecule has 29 heavy (non-hydrogen) atoms. The minimum atomic E-state index is -0.0476. The zero-order valence-corrected chi connectivity index (χ0v) is 17.9. The van der Waals surface area contributed by atoms with Crippen molar-refractivity contribution in [2.24, 2.45) is 0 Å². The summed E-state index contributed by atoms with van der Waals surface area (Å²) in [5.74, 6) is 0.657. The summed E-state index contributed by atoms with van der Waals surface area (Å²) in [6, 6.07) is 12.4. The Kier molecular flexibility index (Phi) is 7.47. The molecule has 156 valence electrons. The predicted octanol–water partition coefficient (Wildman–Crippen LogP) is 2.79. The molecule has 2 aromatic rings. The molecule has 0 bridgehead atoms. The Morgan fingerprint density at radius 2 is 1.90 bits per heavy atom. The molecule has 0 saturated carbocycles. The maximum atomic E-state index is 12.4. The zero-order valence-electron chi connectivity index (χ0n) is 17.9. The Balaban J connectivity index is 1.34. The van der Waals surface area contributed by atoms with Gasteiger partial charge >= 0.3 is 0 Å². The molecule has 1 aromatic heterocycles. The molecule has 6 heteroatoms. The van der Waals surface area contributed by atoms with Crippen LogP contribution in [0.25, 0.3) is 0 Å². The number of piperazine rings is 1. The van der Waals surface area contributed by atoms with Crippen molar-refractivity contribution in [3.05, 3.63) is 53.7 Å². The molecule has 3 rings (SSSR count). The summed E-state index contributed by atoms with van der Waals surface area (Å²) in [4.78, 5) is 23.6. The average Bonchev–Trinajstić information content (AvgIpc) is 2.74. The number of nitrogens with one attached hydrogen (secondary N) is 1. The first-order valence-electron chi connectivity index (χ1n) is 10.5.